The molecule has 28 heavy (non-hydrogen) atoms. The fraction of sp³-hybridized carbons (Fsp3) is 0.250. The lowest BCUT2D eigenvalue weighted by atomic mass is 10.2. The van der Waals surface area contributed by atoms with Crippen LogP contribution in [0.4, 0.5) is 10.3 Å². The molecule has 1 aliphatic heterocycles. The van der Waals surface area contributed by atoms with E-state index in [9.17, 15) is 12.8 Å². The van der Waals surface area contributed by atoms with Crippen molar-refractivity contribution in [1.29, 1.82) is 0 Å². The lowest BCUT2D eigenvalue weighted by Crippen LogP contribution is -2.19. The third-order valence-corrected chi connectivity index (χ3v) is 6.20. The molecule has 3 aromatic rings. The molecule has 1 N–H and O–H groups in total. The Morgan fingerprint density at radius 2 is 1.86 bits per heavy atom. The molecule has 1 aromatic heterocycles. The summed E-state index contributed by atoms with van der Waals surface area (Å²) >= 11 is 0. The maximum atomic E-state index is 14.2. The molecule has 2 heterocycles. The second-order valence-corrected chi connectivity index (χ2v) is 8.33. The molecule has 0 spiro atoms. The van der Waals surface area contributed by atoms with Gasteiger partial charge in [-0.2, -0.15) is 4.98 Å². The topological polar surface area (TPSA) is 81.4 Å². The summed E-state index contributed by atoms with van der Waals surface area (Å²) in [4.78, 5) is 4.22. The number of nitrogens with zero attached hydrogens (tertiary/aromatic N) is 1. The van der Waals surface area contributed by atoms with Crippen molar-refractivity contribution in [2.45, 2.75) is 28.9 Å². The highest BCUT2D eigenvalue weighted by atomic mass is 32.2. The average Bonchev–Trinajstić information content (AvgIpc) is 3.37. The maximum absolute atomic E-state index is 14.2. The van der Waals surface area contributed by atoms with Crippen LogP contribution in [0, 0.1) is 5.82 Å². The molecule has 6 nitrogen and oxygen atoms in total. The third kappa shape index (κ3) is 3.65. The Morgan fingerprint density at radius 1 is 1.11 bits per heavy atom. The number of hydrogen-bond donors (Lipinski definition) is 1. The normalized spacial score (nSPS) is 17.0. The molecule has 0 bridgehead atoms. The number of halogens is 1. The number of aromatic nitrogens is 1. The summed E-state index contributed by atoms with van der Waals surface area (Å²) in [6, 6.07) is 13.9. The summed E-state index contributed by atoms with van der Waals surface area (Å²) in [6.45, 7) is 1.06. The van der Waals surface area contributed by atoms with Gasteiger partial charge >= 0.3 is 0 Å². The molecule has 4 rings (SSSR count). The van der Waals surface area contributed by atoms with Crippen LogP contribution in [0.2, 0.25) is 0 Å². The van der Waals surface area contributed by atoms with Crippen LogP contribution in [0.15, 0.2) is 68.9 Å². The Labute approximate surface area is 162 Å². The number of ether oxygens (including phenoxy) is 1. The van der Waals surface area contributed by atoms with Crippen molar-refractivity contribution in [2.24, 2.45) is 0 Å². The average molecular weight is 402 g/mol. The van der Waals surface area contributed by atoms with Crippen LogP contribution in [0.3, 0.4) is 0 Å². The first-order valence-corrected chi connectivity index (χ1v) is 10.5. The molecule has 1 atom stereocenters. The van der Waals surface area contributed by atoms with Crippen LogP contribution in [0.5, 0.6) is 0 Å². The summed E-state index contributed by atoms with van der Waals surface area (Å²) in [6.07, 6.45) is 1.80. The molecule has 146 valence electrons. The van der Waals surface area contributed by atoms with Crippen LogP contribution < -0.4 is 5.32 Å². The van der Waals surface area contributed by atoms with Crippen molar-refractivity contribution in [3.63, 3.8) is 0 Å². The Morgan fingerprint density at radius 3 is 2.57 bits per heavy atom. The fourth-order valence-corrected chi connectivity index (χ4v) is 4.37. The van der Waals surface area contributed by atoms with E-state index in [1.54, 1.807) is 30.3 Å². The summed E-state index contributed by atoms with van der Waals surface area (Å²) in [5, 5.41) is 2.72. The maximum Gasteiger partial charge on any atom is 0.233 e. The summed E-state index contributed by atoms with van der Waals surface area (Å²) in [5.41, 5.74) is 0.0946. The van der Waals surface area contributed by atoms with Crippen molar-refractivity contribution in [3.8, 4) is 11.5 Å². The predicted octanol–water partition coefficient (Wildman–Crippen LogP) is 3.90. The quantitative estimate of drug-likeness (QED) is 0.673. The summed E-state index contributed by atoms with van der Waals surface area (Å²) in [7, 11) is -3.95. The van der Waals surface area contributed by atoms with Gasteiger partial charge in [-0.3, -0.25) is 0 Å². The van der Waals surface area contributed by atoms with E-state index >= 15 is 0 Å². The molecule has 8 heteroatoms. The monoisotopic (exact) mass is 402 g/mol. The standard InChI is InChI=1S/C20H19FN2O4S/c21-17-11-5-4-10-16(17)18-23-20(28(24,25)15-8-2-1-3-9-15)19(27-18)22-13-14-7-6-12-26-14/h1-5,8-11,14,22H,6-7,12-13H2/t14-/m0/s1. The van der Waals surface area contributed by atoms with E-state index in [2.05, 4.69) is 10.3 Å². The van der Waals surface area contributed by atoms with Crippen molar-refractivity contribution in [3.05, 3.63) is 60.4 Å². The van der Waals surface area contributed by atoms with Crippen LogP contribution in [-0.2, 0) is 14.6 Å². The highest BCUT2D eigenvalue weighted by molar-refractivity contribution is 7.91. The number of rotatable bonds is 6. The second kappa shape index (κ2) is 7.73. The lowest BCUT2D eigenvalue weighted by Gasteiger charge is -2.10. The molecule has 1 aliphatic rings. The molecular formula is C20H19FN2O4S. The van der Waals surface area contributed by atoms with Gasteiger partial charge in [0.2, 0.25) is 26.6 Å². The van der Waals surface area contributed by atoms with E-state index in [1.807, 2.05) is 0 Å². The van der Waals surface area contributed by atoms with E-state index in [1.165, 1.54) is 24.3 Å². The molecule has 0 unspecified atom stereocenters. The van der Waals surface area contributed by atoms with Gasteiger partial charge in [0, 0.05) is 13.2 Å². The van der Waals surface area contributed by atoms with Crippen LogP contribution >= 0.6 is 0 Å². The van der Waals surface area contributed by atoms with E-state index in [0.29, 0.717) is 13.2 Å². The molecule has 0 saturated carbocycles. The smallest absolute Gasteiger partial charge is 0.233 e. The number of oxazole rings is 1. The number of hydrogen-bond acceptors (Lipinski definition) is 6. The Kier molecular flexibility index (Phi) is 5.15. The minimum atomic E-state index is -3.95. The number of nitrogens with one attached hydrogen (secondary N) is 1. The fourth-order valence-electron chi connectivity index (χ4n) is 3.07. The Balaban J connectivity index is 1.75. The SMILES string of the molecule is O=S(=O)(c1ccccc1)c1nc(-c2ccccc2F)oc1NC[C@@H]1CCCO1. The van der Waals surface area contributed by atoms with Crippen LogP contribution in [0.25, 0.3) is 11.5 Å². The van der Waals surface area contributed by atoms with E-state index in [0.717, 1.165) is 12.8 Å². The van der Waals surface area contributed by atoms with Gasteiger partial charge in [-0.05, 0) is 37.1 Å². The molecular weight excluding hydrogens is 383 g/mol. The zero-order valence-corrected chi connectivity index (χ0v) is 15.8. The molecule has 1 fully saturated rings. The van der Waals surface area contributed by atoms with Gasteiger partial charge in [-0.15, -0.1) is 0 Å². The van der Waals surface area contributed by atoms with E-state index < -0.39 is 15.7 Å². The van der Waals surface area contributed by atoms with Crippen molar-refractivity contribution in [2.75, 3.05) is 18.5 Å². The lowest BCUT2D eigenvalue weighted by molar-refractivity contribution is 0.120. The first-order valence-electron chi connectivity index (χ1n) is 8.97. The third-order valence-electron chi connectivity index (χ3n) is 4.52. The number of sulfone groups is 1. The highest BCUT2D eigenvalue weighted by Gasteiger charge is 2.29. The van der Waals surface area contributed by atoms with Crippen molar-refractivity contribution >= 4 is 15.7 Å². The van der Waals surface area contributed by atoms with Crippen LogP contribution in [-0.4, -0.2) is 32.7 Å². The minimum Gasteiger partial charge on any atom is -0.419 e. The summed E-state index contributed by atoms with van der Waals surface area (Å²) in [5.74, 6) is -0.655. The Bertz CT molecular complexity index is 1060. The van der Waals surface area contributed by atoms with E-state index in [-0.39, 0.29) is 33.4 Å². The second-order valence-electron chi connectivity index (χ2n) is 6.47. The Hall–Kier alpha value is -2.71. The van der Waals surface area contributed by atoms with Crippen molar-refractivity contribution < 1.29 is 22.0 Å². The largest absolute Gasteiger partial charge is 0.419 e. The zero-order valence-electron chi connectivity index (χ0n) is 15.0. The minimum absolute atomic E-state index is 0.0161. The molecule has 1 saturated heterocycles. The van der Waals surface area contributed by atoms with Crippen molar-refractivity contribution in [1.82, 2.24) is 4.98 Å². The molecule has 0 amide bonds. The van der Waals surface area contributed by atoms with E-state index in [4.69, 9.17) is 9.15 Å². The van der Waals surface area contributed by atoms with Gasteiger partial charge in [-0.1, -0.05) is 30.3 Å². The van der Waals surface area contributed by atoms with Gasteiger partial charge in [0.1, 0.15) is 5.82 Å². The van der Waals surface area contributed by atoms with Gasteiger partial charge in [0.15, 0.2) is 0 Å². The van der Waals surface area contributed by atoms with Gasteiger partial charge in [0.05, 0.1) is 16.6 Å². The highest BCUT2D eigenvalue weighted by Crippen LogP contribution is 2.33. The first kappa shape index (κ1) is 18.6. The zero-order chi connectivity index (χ0) is 19.6. The predicted molar refractivity (Wildman–Crippen MR) is 101 cm³/mol. The first-order chi connectivity index (χ1) is 13.6. The summed E-state index contributed by atoms with van der Waals surface area (Å²) < 4.78 is 51.6. The molecule has 0 aliphatic carbocycles. The molecule has 0 radical (unpaired) electrons. The van der Waals surface area contributed by atoms with Crippen LogP contribution in [0.1, 0.15) is 12.8 Å². The molecule has 2 aromatic carbocycles. The van der Waals surface area contributed by atoms with Gasteiger partial charge in [-0.25, -0.2) is 12.8 Å². The van der Waals surface area contributed by atoms with Gasteiger partial charge < -0.3 is 14.5 Å². The number of anilines is 1. The van der Waals surface area contributed by atoms with Gasteiger partial charge in [0.25, 0.3) is 0 Å². The number of benzene rings is 2.